The van der Waals surface area contributed by atoms with Gasteiger partial charge in [0.05, 0.1) is 13.2 Å². The maximum Gasteiger partial charge on any atom is 0.253 e. The van der Waals surface area contributed by atoms with Gasteiger partial charge in [0.25, 0.3) is 5.56 Å². The number of ether oxygens (including phenoxy) is 1. The minimum absolute atomic E-state index is 0.0750. The highest BCUT2D eigenvalue weighted by Crippen LogP contribution is 2.20. The molecule has 0 radical (unpaired) electrons. The van der Waals surface area contributed by atoms with Gasteiger partial charge in [-0.3, -0.25) is 4.79 Å². The molecular weight excluding hydrogens is 432 g/mol. The fourth-order valence-corrected chi connectivity index (χ4v) is 4.15. The Labute approximate surface area is 201 Å². The third-order valence-corrected chi connectivity index (χ3v) is 5.85. The average Bonchev–Trinajstić information content (AvgIpc) is 2.75. The molecule has 0 bridgehead atoms. The number of aromatic amines is 1. The molecule has 3 aromatic rings. The molecule has 2 aromatic carbocycles. The summed E-state index contributed by atoms with van der Waals surface area (Å²) in [5, 5.41) is 4.98. The lowest BCUT2D eigenvalue weighted by atomic mass is 10.0. The molecule has 0 atom stereocenters. The third kappa shape index (κ3) is 6.79. The standard InChI is InChI=1S/C26H34N4O2S/c1-6-32-22-10-8-21(9-11-22)27-26(33)30(13-7-12-29(4)5)17-20-16-23-19(3)14-18(2)15-24(23)28-25(20)31/h8-11,14-16H,6-7,12-13,17H2,1-5H3,(H,27,33)(H,28,31). The molecule has 2 N–H and O–H groups in total. The van der Waals surface area contributed by atoms with Crippen LogP contribution in [-0.4, -0.2) is 53.7 Å². The first-order valence-electron chi connectivity index (χ1n) is 11.3. The van der Waals surface area contributed by atoms with Crippen molar-refractivity contribution in [1.29, 1.82) is 0 Å². The number of aromatic nitrogens is 1. The van der Waals surface area contributed by atoms with Gasteiger partial charge in [-0.15, -0.1) is 0 Å². The van der Waals surface area contributed by atoms with Gasteiger partial charge in [0, 0.05) is 28.7 Å². The molecule has 0 aliphatic carbocycles. The van der Waals surface area contributed by atoms with Crippen LogP contribution in [0.4, 0.5) is 5.69 Å². The van der Waals surface area contributed by atoms with Crippen molar-refractivity contribution in [2.75, 3.05) is 39.1 Å². The quantitative estimate of drug-likeness (QED) is 0.446. The van der Waals surface area contributed by atoms with Crippen LogP contribution in [0, 0.1) is 13.8 Å². The Morgan fingerprint density at radius 3 is 2.48 bits per heavy atom. The number of hydrogen-bond acceptors (Lipinski definition) is 4. The van der Waals surface area contributed by atoms with Crippen molar-refractivity contribution in [2.24, 2.45) is 0 Å². The summed E-state index contributed by atoms with van der Waals surface area (Å²) < 4.78 is 5.52. The first-order chi connectivity index (χ1) is 15.8. The molecule has 0 amide bonds. The van der Waals surface area contributed by atoms with Crippen LogP contribution in [0.3, 0.4) is 0 Å². The fourth-order valence-electron chi connectivity index (χ4n) is 3.87. The molecule has 0 aliphatic heterocycles. The van der Waals surface area contributed by atoms with Crippen LogP contribution in [0.1, 0.15) is 30.0 Å². The zero-order chi connectivity index (χ0) is 24.0. The van der Waals surface area contributed by atoms with Gasteiger partial charge in [-0.05, 0) is 108 Å². The number of rotatable bonds is 9. The van der Waals surface area contributed by atoms with Gasteiger partial charge in [-0.1, -0.05) is 6.07 Å². The fraction of sp³-hybridized carbons (Fsp3) is 0.385. The Kier molecular flexibility index (Phi) is 8.47. The zero-order valence-electron chi connectivity index (χ0n) is 20.2. The van der Waals surface area contributed by atoms with Crippen molar-refractivity contribution in [3.8, 4) is 5.75 Å². The maximum atomic E-state index is 12.9. The third-order valence-electron chi connectivity index (χ3n) is 5.49. The molecule has 1 aromatic heterocycles. The minimum atomic E-state index is -0.0750. The second-order valence-corrected chi connectivity index (χ2v) is 9.02. The van der Waals surface area contributed by atoms with Crippen molar-refractivity contribution in [1.82, 2.24) is 14.8 Å². The van der Waals surface area contributed by atoms with E-state index in [2.05, 4.69) is 47.2 Å². The zero-order valence-corrected chi connectivity index (χ0v) is 21.0. The molecule has 1 heterocycles. The molecule has 33 heavy (non-hydrogen) atoms. The molecule has 0 unspecified atom stereocenters. The van der Waals surface area contributed by atoms with E-state index >= 15 is 0 Å². The smallest absolute Gasteiger partial charge is 0.253 e. The normalized spacial score (nSPS) is 11.1. The molecule has 0 aliphatic rings. The summed E-state index contributed by atoms with van der Waals surface area (Å²) in [6.45, 7) is 8.82. The summed E-state index contributed by atoms with van der Waals surface area (Å²) in [5.41, 5.74) is 4.67. The number of thiocarbonyl (C=S) groups is 1. The van der Waals surface area contributed by atoms with E-state index in [4.69, 9.17) is 17.0 Å². The summed E-state index contributed by atoms with van der Waals surface area (Å²) in [7, 11) is 4.11. The lowest BCUT2D eigenvalue weighted by Crippen LogP contribution is -2.37. The summed E-state index contributed by atoms with van der Waals surface area (Å²) in [5.74, 6) is 0.824. The van der Waals surface area contributed by atoms with Crippen molar-refractivity contribution in [2.45, 2.75) is 33.7 Å². The molecule has 0 fully saturated rings. The van der Waals surface area contributed by atoms with E-state index in [-0.39, 0.29) is 5.56 Å². The van der Waals surface area contributed by atoms with Crippen LogP contribution in [0.2, 0.25) is 0 Å². The molecule has 6 nitrogen and oxygen atoms in total. The van der Waals surface area contributed by atoms with Gasteiger partial charge < -0.3 is 24.8 Å². The van der Waals surface area contributed by atoms with Gasteiger partial charge in [0.15, 0.2) is 5.11 Å². The topological polar surface area (TPSA) is 60.6 Å². The number of pyridine rings is 1. The highest BCUT2D eigenvalue weighted by atomic mass is 32.1. The van der Waals surface area contributed by atoms with Crippen LogP contribution >= 0.6 is 12.2 Å². The molecule has 3 rings (SSSR count). The SMILES string of the molecule is CCOc1ccc(NC(=S)N(CCCN(C)C)Cc2cc3c(C)cc(C)cc3[nH]c2=O)cc1. The lowest BCUT2D eigenvalue weighted by Gasteiger charge is -2.26. The first kappa shape index (κ1) is 24.7. The largest absolute Gasteiger partial charge is 0.494 e. The second-order valence-electron chi connectivity index (χ2n) is 8.63. The molecule has 0 saturated heterocycles. The van der Waals surface area contributed by atoms with Gasteiger partial charge in [-0.2, -0.15) is 0 Å². The van der Waals surface area contributed by atoms with E-state index in [0.717, 1.165) is 53.0 Å². The summed E-state index contributed by atoms with van der Waals surface area (Å²) in [4.78, 5) is 20.2. The number of H-pyrrole nitrogens is 1. The van der Waals surface area contributed by atoms with E-state index in [1.165, 1.54) is 0 Å². The van der Waals surface area contributed by atoms with Crippen molar-refractivity contribution in [3.05, 3.63) is 69.5 Å². The predicted octanol–water partition coefficient (Wildman–Crippen LogP) is 4.69. The Morgan fingerprint density at radius 1 is 1.09 bits per heavy atom. The molecular formula is C26H34N4O2S. The Balaban J connectivity index is 1.83. The number of fused-ring (bicyclic) bond motifs is 1. The van der Waals surface area contributed by atoms with Gasteiger partial charge in [0.1, 0.15) is 5.75 Å². The molecule has 7 heteroatoms. The number of nitrogens with one attached hydrogen (secondary N) is 2. The van der Waals surface area contributed by atoms with Crippen molar-refractivity contribution in [3.63, 3.8) is 0 Å². The van der Waals surface area contributed by atoms with E-state index in [0.29, 0.717) is 23.8 Å². The minimum Gasteiger partial charge on any atom is -0.494 e. The highest BCUT2D eigenvalue weighted by molar-refractivity contribution is 7.80. The van der Waals surface area contributed by atoms with Gasteiger partial charge in [-0.25, -0.2) is 0 Å². The van der Waals surface area contributed by atoms with E-state index < -0.39 is 0 Å². The Morgan fingerprint density at radius 2 is 1.82 bits per heavy atom. The van der Waals surface area contributed by atoms with Gasteiger partial charge in [0.2, 0.25) is 0 Å². The van der Waals surface area contributed by atoms with E-state index in [9.17, 15) is 4.79 Å². The van der Waals surface area contributed by atoms with Gasteiger partial charge >= 0.3 is 0 Å². The summed E-state index contributed by atoms with van der Waals surface area (Å²) >= 11 is 5.76. The predicted molar refractivity (Wildman–Crippen MR) is 141 cm³/mol. The summed E-state index contributed by atoms with van der Waals surface area (Å²) in [6, 6.07) is 13.9. The maximum absolute atomic E-state index is 12.9. The van der Waals surface area contributed by atoms with Crippen molar-refractivity contribution < 1.29 is 4.74 Å². The van der Waals surface area contributed by atoms with Crippen LogP contribution in [0.5, 0.6) is 5.75 Å². The molecule has 176 valence electrons. The average molecular weight is 467 g/mol. The van der Waals surface area contributed by atoms with Crippen LogP contribution in [0.15, 0.2) is 47.3 Å². The lowest BCUT2D eigenvalue weighted by molar-refractivity contribution is 0.340. The summed E-state index contributed by atoms with van der Waals surface area (Å²) in [6.07, 6.45) is 0.932. The van der Waals surface area contributed by atoms with E-state index in [1.807, 2.05) is 50.2 Å². The van der Waals surface area contributed by atoms with E-state index in [1.54, 1.807) is 0 Å². The van der Waals surface area contributed by atoms with Crippen LogP contribution in [0.25, 0.3) is 10.9 Å². The number of hydrogen-bond donors (Lipinski definition) is 2. The highest BCUT2D eigenvalue weighted by Gasteiger charge is 2.15. The number of anilines is 1. The first-order valence-corrected chi connectivity index (χ1v) is 11.7. The molecule has 0 saturated carbocycles. The monoisotopic (exact) mass is 466 g/mol. The Hall–Kier alpha value is -2.90. The van der Waals surface area contributed by atoms with Crippen molar-refractivity contribution >= 4 is 33.9 Å². The molecule has 0 spiro atoms. The number of nitrogens with zero attached hydrogens (tertiary/aromatic N) is 2. The number of aryl methyl sites for hydroxylation is 2. The van der Waals surface area contributed by atoms with Crippen LogP contribution < -0.4 is 15.6 Å². The van der Waals surface area contributed by atoms with Crippen LogP contribution in [-0.2, 0) is 6.54 Å². The number of benzene rings is 2. The second kappa shape index (κ2) is 11.3. The Bertz CT molecular complexity index is 1160.